The molecule has 0 saturated heterocycles. The minimum atomic E-state index is -0.592. The molecule has 2 heterocycles. The summed E-state index contributed by atoms with van der Waals surface area (Å²) >= 11 is 0. The van der Waals surface area contributed by atoms with Crippen molar-refractivity contribution in [2.75, 3.05) is 0 Å². The normalized spacial score (nSPS) is 12.6. The lowest BCUT2D eigenvalue weighted by Crippen LogP contribution is -2.17. The van der Waals surface area contributed by atoms with Crippen LogP contribution in [0.3, 0.4) is 0 Å². The number of aromatic nitrogens is 5. The first-order valence-corrected chi connectivity index (χ1v) is 7.88. The largest absolute Gasteiger partial charge is 0.271 e. The van der Waals surface area contributed by atoms with E-state index in [-0.39, 0.29) is 5.92 Å². The van der Waals surface area contributed by atoms with Crippen molar-refractivity contribution in [1.82, 2.24) is 24.5 Å². The number of rotatable bonds is 5. The van der Waals surface area contributed by atoms with Crippen LogP contribution < -0.4 is 0 Å². The number of hydrogen-bond donors (Lipinski definition) is 0. The molecule has 1 atom stereocenters. The summed E-state index contributed by atoms with van der Waals surface area (Å²) in [5, 5.41) is 9.64. The fraction of sp³-hybridized carbons (Fsp3) is 0.167. The molecule has 1 unspecified atom stereocenters. The third kappa shape index (κ3) is 3.26. The number of fused-ring (bicyclic) bond motifs is 1. The molecule has 0 aliphatic carbocycles. The number of benzene rings is 2. The van der Waals surface area contributed by atoms with Crippen molar-refractivity contribution in [3.05, 3.63) is 78.5 Å². The van der Waals surface area contributed by atoms with E-state index in [0.717, 1.165) is 17.0 Å². The van der Waals surface area contributed by atoms with E-state index in [0.29, 0.717) is 18.7 Å². The third-order valence-corrected chi connectivity index (χ3v) is 4.14. The Morgan fingerprint density at radius 3 is 2.60 bits per heavy atom. The molecule has 0 spiro atoms. The van der Waals surface area contributed by atoms with Crippen LogP contribution in [0.5, 0.6) is 0 Å². The lowest BCUT2D eigenvalue weighted by Gasteiger charge is -2.18. The fourth-order valence-corrected chi connectivity index (χ4v) is 2.97. The first-order valence-electron chi connectivity index (χ1n) is 7.88. The Morgan fingerprint density at radius 2 is 1.84 bits per heavy atom. The van der Waals surface area contributed by atoms with Gasteiger partial charge in [-0.2, -0.15) is 10.2 Å². The van der Waals surface area contributed by atoms with Crippen LogP contribution in [0.2, 0.25) is 0 Å². The molecule has 2 aromatic carbocycles. The second-order valence-electron chi connectivity index (χ2n) is 5.89. The lowest BCUT2D eigenvalue weighted by molar-refractivity contribution is 0.424. The molecule has 5 nitrogen and oxygen atoms in total. The average Bonchev–Trinajstić information content (AvgIpc) is 3.23. The second kappa shape index (κ2) is 6.43. The summed E-state index contributed by atoms with van der Waals surface area (Å²) in [7, 11) is 0. The van der Waals surface area contributed by atoms with E-state index in [1.165, 1.54) is 18.5 Å². The zero-order chi connectivity index (χ0) is 17.2. The summed E-state index contributed by atoms with van der Waals surface area (Å²) in [5.74, 6) is -1.43. The molecule has 0 fully saturated rings. The average molecular weight is 339 g/mol. The van der Waals surface area contributed by atoms with Crippen molar-refractivity contribution in [1.29, 1.82) is 0 Å². The van der Waals surface area contributed by atoms with Crippen molar-refractivity contribution >= 4 is 10.9 Å². The molecule has 126 valence electrons. The Kier molecular flexibility index (Phi) is 3.97. The second-order valence-corrected chi connectivity index (χ2v) is 5.89. The van der Waals surface area contributed by atoms with Gasteiger partial charge in [0.25, 0.3) is 0 Å². The highest BCUT2D eigenvalue weighted by molar-refractivity contribution is 5.77. The van der Waals surface area contributed by atoms with Crippen LogP contribution in [0.1, 0.15) is 11.5 Å². The molecular formula is C18H15F2N5. The molecule has 0 N–H and O–H groups in total. The molecule has 0 amide bonds. The van der Waals surface area contributed by atoms with Crippen LogP contribution in [0.25, 0.3) is 10.9 Å². The van der Waals surface area contributed by atoms with Gasteiger partial charge < -0.3 is 0 Å². The molecule has 7 heteroatoms. The zero-order valence-corrected chi connectivity index (χ0v) is 13.3. The van der Waals surface area contributed by atoms with Gasteiger partial charge in [0, 0.05) is 30.1 Å². The SMILES string of the molecule is Fc1ccc(C(Cn2cncn2)Cn2cc3ccccc3n2)c(F)c1. The van der Waals surface area contributed by atoms with E-state index in [2.05, 4.69) is 15.2 Å². The highest BCUT2D eigenvalue weighted by atomic mass is 19.1. The van der Waals surface area contributed by atoms with Gasteiger partial charge in [0.05, 0.1) is 12.1 Å². The van der Waals surface area contributed by atoms with Gasteiger partial charge in [-0.05, 0) is 17.7 Å². The predicted octanol–water partition coefficient (Wildman–Crippen LogP) is 3.39. The molecule has 0 bridgehead atoms. The van der Waals surface area contributed by atoms with Gasteiger partial charge in [-0.25, -0.2) is 13.8 Å². The van der Waals surface area contributed by atoms with Gasteiger partial charge in [-0.3, -0.25) is 9.36 Å². The molecule has 2 aromatic heterocycles. The summed E-state index contributed by atoms with van der Waals surface area (Å²) in [4.78, 5) is 3.92. The Bertz CT molecular complexity index is 961. The highest BCUT2D eigenvalue weighted by Gasteiger charge is 2.19. The maximum atomic E-state index is 14.3. The highest BCUT2D eigenvalue weighted by Crippen LogP contribution is 2.24. The maximum Gasteiger partial charge on any atom is 0.137 e. The Morgan fingerprint density at radius 1 is 1.00 bits per heavy atom. The van der Waals surface area contributed by atoms with Crippen molar-refractivity contribution in [3.8, 4) is 0 Å². The van der Waals surface area contributed by atoms with E-state index in [4.69, 9.17) is 0 Å². The number of halogens is 2. The summed E-state index contributed by atoms with van der Waals surface area (Å²) in [6.07, 6.45) is 4.93. The molecule has 0 saturated carbocycles. The van der Waals surface area contributed by atoms with E-state index >= 15 is 0 Å². The topological polar surface area (TPSA) is 48.5 Å². The first kappa shape index (κ1) is 15.4. The van der Waals surface area contributed by atoms with Crippen LogP contribution in [-0.2, 0) is 13.1 Å². The summed E-state index contributed by atoms with van der Waals surface area (Å²) < 4.78 is 31.0. The van der Waals surface area contributed by atoms with Gasteiger partial charge in [0.2, 0.25) is 0 Å². The summed E-state index contributed by atoms with van der Waals surface area (Å²) in [6.45, 7) is 0.857. The maximum absolute atomic E-state index is 14.3. The minimum absolute atomic E-state index is 0.267. The predicted molar refractivity (Wildman–Crippen MR) is 88.9 cm³/mol. The van der Waals surface area contributed by atoms with Crippen LogP contribution in [-0.4, -0.2) is 24.5 Å². The number of nitrogens with zero attached hydrogens (tertiary/aromatic N) is 5. The number of hydrogen-bond acceptors (Lipinski definition) is 3. The van der Waals surface area contributed by atoms with E-state index < -0.39 is 11.6 Å². The quantitative estimate of drug-likeness (QED) is 0.560. The lowest BCUT2D eigenvalue weighted by atomic mass is 9.98. The standard InChI is InChI=1S/C18H15F2N5/c19-15-5-6-16(17(20)7-15)14(10-25-12-21-11-22-25)9-24-8-13-3-1-2-4-18(13)23-24/h1-8,11-12,14H,9-10H2. The zero-order valence-electron chi connectivity index (χ0n) is 13.3. The van der Waals surface area contributed by atoms with Gasteiger partial charge >= 0.3 is 0 Å². The molecule has 0 aliphatic heterocycles. The summed E-state index contributed by atoms with van der Waals surface area (Å²) in [5.41, 5.74) is 1.30. The Balaban J connectivity index is 1.69. The fourth-order valence-electron chi connectivity index (χ4n) is 2.97. The van der Waals surface area contributed by atoms with Crippen molar-refractivity contribution < 1.29 is 8.78 Å². The minimum Gasteiger partial charge on any atom is -0.271 e. The molecule has 4 rings (SSSR count). The van der Waals surface area contributed by atoms with Crippen LogP contribution in [0.15, 0.2) is 61.3 Å². The van der Waals surface area contributed by atoms with Crippen LogP contribution >= 0.6 is 0 Å². The smallest absolute Gasteiger partial charge is 0.137 e. The monoisotopic (exact) mass is 339 g/mol. The van der Waals surface area contributed by atoms with Gasteiger partial charge in [-0.15, -0.1) is 0 Å². The molecule has 0 radical (unpaired) electrons. The van der Waals surface area contributed by atoms with Crippen LogP contribution in [0, 0.1) is 11.6 Å². The molecule has 0 aliphatic rings. The first-order chi connectivity index (χ1) is 12.2. The molecule has 4 aromatic rings. The summed E-state index contributed by atoms with van der Waals surface area (Å²) in [6, 6.07) is 11.4. The van der Waals surface area contributed by atoms with Gasteiger partial charge in [0.15, 0.2) is 0 Å². The van der Waals surface area contributed by atoms with E-state index in [9.17, 15) is 8.78 Å². The van der Waals surface area contributed by atoms with E-state index in [1.807, 2.05) is 30.5 Å². The van der Waals surface area contributed by atoms with Crippen molar-refractivity contribution in [3.63, 3.8) is 0 Å². The Labute approximate surface area is 142 Å². The van der Waals surface area contributed by atoms with Gasteiger partial charge in [-0.1, -0.05) is 24.3 Å². The molecule has 25 heavy (non-hydrogen) atoms. The van der Waals surface area contributed by atoms with Gasteiger partial charge in [0.1, 0.15) is 24.3 Å². The molecular weight excluding hydrogens is 324 g/mol. The van der Waals surface area contributed by atoms with Crippen molar-refractivity contribution in [2.24, 2.45) is 0 Å². The Hall–Kier alpha value is -3.09. The van der Waals surface area contributed by atoms with Crippen molar-refractivity contribution in [2.45, 2.75) is 19.0 Å². The van der Waals surface area contributed by atoms with E-state index in [1.54, 1.807) is 15.7 Å². The third-order valence-electron chi connectivity index (χ3n) is 4.14. The van der Waals surface area contributed by atoms with Crippen LogP contribution in [0.4, 0.5) is 8.78 Å².